The van der Waals surface area contributed by atoms with Crippen LogP contribution in [0.25, 0.3) is 17.0 Å². The topological polar surface area (TPSA) is 38.9 Å². The van der Waals surface area contributed by atoms with Gasteiger partial charge in [0, 0.05) is 15.1 Å². The Labute approximate surface area is 119 Å². The van der Waals surface area contributed by atoms with Crippen LogP contribution < -0.4 is 0 Å². The van der Waals surface area contributed by atoms with Gasteiger partial charge in [-0.1, -0.05) is 59.0 Å². The predicted octanol–water partition coefficient (Wildman–Crippen LogP) is 3.88. The molecule has 1 atom stereocenters. The molecule has 1 aromatic heterocycles. The molecule has 0 radical (unpaired) electrons. The Morgan fingerprint density at radius 3 is 2.61 bits per heavy atom. The van der Waals surface area contributed by atoms with Crippen LogP contribution in [0.15, 0.2) is 53.0 Å². The zero-order valence-electron chi connectivity index (χ0n) is 9.58. The second-order valence-electron chi connectivity index (χ2n) is 4.05. The summed E-state index contributed by atoms with van der Waals surface area (Å²) < 4.78 is 6.26. The number of benzene rings is 1. The third kappa shape index (κ3) is 2.38. The van der Waals surface area contributed by atoms with Crippen molar-refractivity contribution in [1.29, 1.82) is 0 Å². The molecule has 2 aromatic rings. The van der Waals surface area contributed by atoms with Crippen molar-refractivity contribution in [2.24, 2.45) is 0 Å². The summed E-state index contributed by atoms with van der Waals surface area (Å²) in [6, 6.07) is 9.81. The van der Waals surface area contributed by atoms with Crippen LogP contribution in [-0.2, 0) is 0 Å². The van der Waals surface area contributed by atoms with Gasteiger partial charge in [-0.05, 0) is 18.6 Å². The van der Waals surface area contributed by atoms with Crippen molar-refractivity contribution in [3.05, 3.63) is 54.5 Å². The molecule has 1 aliphatic carbocycles. The van der Waals surface area contributed by atoms with E-state index >= 15 is 0 Å². The summed E-state index contributed by atoms with van der Waals surface area (Å²) in [5, 5.41) is 8.19. The standard InChI is InChI=1S/C14H11IN2O/c15-12-8-6-11(7-9-12)14-17-16-13(18-14)10-4-2-1-3-5-10/h1-8,12H,9H2. The second kappa shape index (κ2) is 5.06. The molecule has 3 rings (SSSR count). The largest absolute Gasteiger partial charge is 0.416 e. The highest BCUT2D eigenvalue weighted by Crippen LogP contribution is 2.26. The fourth-order valence-corrected chi connectivity index (χ4v) is 2.25. The Balaban J connectivity index is 1.89. The average molecular weight is 350 g/mol. The minimum absolute atomic E-state index is 0.558. The molecular weight excluding hydrogens is 339 g/mol. The first-order valence-electron chi connectivity index (χ1n) is 5.74. The highest BCUT2D eigenvalue weighted by Gasteiger charge is 2.13. The van der Waals surface area contributed by atoms with Crippen molar-refractivity contribution in [3.8, 4) is 11.5 Å². The van der Waals surface area contributed by atoms with E-state index in [4.69, 9.17) is 4.42 Å². The van der Waals surface area contributed by atoms with Crippen LogP contribution in [0, 0.1) is 0 Å². The van der Waals surface area contributed by atoms with Gasteiger partial charge in [0.15, 0.2) is 0 Å². The first-order valence-corrected chi connectivity index (χ1v) is 6.99. The molecule has 0 bridgehead atoms. The van der Waals surface area contributed by atoms with Crippen LogP contribution in [0.2, 0.25) is 0 Å². The molecule has 1 aromatic carbocycles. The summed E-state index contributed by atoms with van der Waals surface area (Å²) in [5.74, 6) is 1.16. The maximum atomic E-state index is 5.70. The molecule has 3 nitrogen and oxygen atoms in total. The van der Waals surface area contributed by atoms with E-state index < -0.39 is 0 Å². The molecule has 0 spiro atoms. The number of nitrogens with zero attached hydrogens (tertiary/aromatic N) is 2. The molecule has 1 aliphatic rings. The lowest BCUT2D eigenvalue weighted by Crippen LogP contribution is -1.96. The fraction of sp³-hybridized carbons (Fsp3) is 0.143. The molecule has 0 saturated carbocycles. The van der Waals surface area contributed by atoms with E-state index in [1.165, 1.54) is 0 Å². The Hall–Kier alpha value is -1.43. The SMILES string of the molecule is IC1C=CC(c2nnc(-c3ccccc3)o2)=CC1. The Morgan fingerprint density at radius 2 is 1.89 bits per heavy atom. The van der Waals surface area contributed by atoms with Crippen molar-refractivity contribution >= 4 is 28.2 Å². The normalized spacial score (nSPS) is 18.7. The van der Waals surface area contributed by atoms with Crippen LogP contribution in [-0.4, -0.2) is 14.1 Å². The van der Waals surface area contributed by atoms with E-state index in [1.807, 2.05) is 36.4 Å². The summed E-state index contributed by atoms with van der Waals surface area (Å²) in [6.45, 7) is 0. The summed E-state index contributed by atoms with van der Waals surface area (Å²) in [4.78, 5) is 0. The number of aromatic nitrogens is 2. The minimum atomic E-state index is 0.558. The van der Waals surface area contributed by atoms with E-state index in [-0.39, 0.29) is 0 Å². The summed E-state index contributed by atoms with van der Waals surface area (Å²) in [6.07, 6.45) is 7.35. The van der Waals surface area contributed by atoms with E-state index in [0.29, 0.717) is 15.7 Å². The third-order valence-electron chi connectivity index (χ3n) is 2.74. The maximum Gasteiger partial charge on any atom is 0.248 e. The second-order valence-corrected chi connectivity index (χ2v) is 5.65. The van der Waals surface area contributed by atoms with Crippen LogP contribution in [0.3, 0.4) is 0 Å². The first-order chi connectivity index (χ1) is 8.83. The highest BCUT2D eigenvalue weighted by molar-refractivity contribution is 14.1. The van der Waals surface area contributed by atoms with Crippen LogP contribution in [0.4, 0.5) is 0 Å². The van der Waals surface area contributed by atoms with Crippen molar-refractivity contribution in [2.75, 3.05) is 0 Å². The molecular formula is C14H11IN2O. The van der Waals surface area contributed by atoms with Crippen LogP contribution in [0.1, 0.15) is 12.3 Å². The lowest BCUT2D eigenvalue weighted by molar-refractivity contribution is 0.554. The smallest absolute Gasteiger partial charge is 0.248 e. The predicted molar refractivity (Wildman–Crippen MR) is 79.3 cm³/mol. The lowest BCUT2D eigenvalue weighted by Gasteiger charge is -2.06. The zero-order chi connectivity index (χ0) is 12.4. The van der Waals surface area contributed by atoms with Crippen molar-refractivity contribution in [2.45, 2.75) is 10.3 Å². The zero-order valence-corrected chi connectivity index (χ0v) is 11.7. The van der Waals surface area contributed by atoms with E-state index in [9.17, 15) is 0 Å². The van der Waals surface area contributed by atoms with Gasteiger partial charge in [-0.25, -0.2) is 0 Å². The summed E-state index contributed by atoms with van der Waals surface area (Å²) in [5.41, 5.74) is 1.96. The van der Waals surface area contributed by atoms with Gasteiger partial charge in [-0.15, -0.1) is 10.2 Å². The van der Waals surface area contributed by atoms with Crippen molar-refractivity contribution in [3.63, 3.8) is 0 Å². The molecule has 4 heteroatoms. The monoisotopic (exact) mass is 350 g/mol. The van der Waals surface area contributed by atoms with Crippen molar-refractivity contribution < 1.29 is 4.42 Å². The van der Waals surface area contributed by atoms with Crippen molar-refractivity contribution in [1.82, 2.24) is 10.2 Å². The fourth-order valence-electron chi connectivity index (χ4n) is 1.79. The molecule has 0 N–H and O–H groups in total. The molecule has 0 fully saturated rings. The summed E-state index contributed by atoms with van der Waals surface area (Å²) >= 11 is 2.40. The molecule has 1 heterocycles. The number of rotatable bonds is 2. The van der Waals surface area contributed by atoms with E-state index in [2.05, 4.69) is 44.9 Å². The Kier molecular flexibility index (Phi) is 3.27. The van der Waals surface area contributed by atoms with Gasteiger partial charge in [-0.3, -0.25) is 0 Å². The number of halogens is 1. The van der Waals surface area contributed by atoms with E-state index in [1.54, 1.807) is 0 Å². The molecule has 0 aliphatic heterocycles. The number of allylic oxidation sites excluding steroid dienone is 4. The van der Waals surface area contributed by atoms with Gasteiger partial charge in [-0.2, -0.15) is 0 Å². The minimum Gasteiger partial charge on any atom is -0.416 e. The van der Waals surface area contributed by atoms with Crippen LogP contribution >= 0.6 is 22.6 Å². The molecule has 18 heavy (non-hydrogen) atoms. The number of hydrogen-bond donors (Lipinski definition) is 0. The Bertz CT molecular complexity index is 601. The summed E-state index contributed by atoms with van der Waals surface area (Å²) in [7, 11) is 0. The van der Waals surface area contributed by atoms with Gasteiger partial charge < -0.3 is 4.42 Å². The van der Waals surface area contributed by atoms with Gasteiger partial charge in [0.1, 0.15) is 0 Å². The highest BCUT2D eigenvalue weighted by atomic mass is 127. The maximum absolute atomic E-state index is 5.70. The quantitative estimate of drug-likeness (QED) is 0.610. The molecule has 90 valence electrons. The van der Waals surface area contributed by atoms with E-state index in [0.717, 1.165) is 17.6 Å². The number of hydrogen-bond acceptors (Lipinski definition) is 3. The van der Waals surface area contributed by atoms with Gasteiger partial charge >= 0.3 is 0 Å². The molecule has 1 unspecified atom stereocenters. The van der Waals surface area contributed by atoms with Crippen LogP contribution in [0.5, 0.6) is 0 Å². The lowest BCUT2D eigenvalue weighted by atomic mass is 10.1. The number of alkyl halides is 1. The first kappa shape index (κ1) is 11.6. The van der Waals surface area contributed by atoms with Gasteiger partial charge in [0.2, 0.25) is 11.8 Å². The Morgan fingerprint density at radius 1 is 1.11 bits per heavy atom. The molecule has 0 amide bonds. The average Bonchev–Trinajstić information content (AvgIpc) is 2.90. The third-order valence-corrected chi connectivity index (χ3v) is 3.66. The molecule has 0 saturated heterocycles. The van der Waals surface area contributed by atoms with Gasteiger partial charge in [0.05, 0.1) is 0 Å². The van der Waals surface area contributed by atoms with Gasteiger partial charge in [0.25, 0.3) is 0 Å².